The summed E-state index contributed by atoms with van der Waals surface area (Å²) in [5.74, 6) is 1.94. The Morgan fingerprint density at radius 2 is 0.732 bits per heavy atom. The molecular formula is C52H34N4. The third-order valence-electron chi connectivity index (χ3n) is 10.3. The standard InChI is InChI=1S/C52H34N4/c1-5-15-36(16-6-1)46-34-48(37-17-7-2-8-18-37)53-47-32-31-44-43(25-14-26-45(44)49(46)47)42-24-13-23-41(33-42)35-27-29-40(30-28-35)52-55-50(38-19-9-3-10-20-38)54-51(56-52)39-21-11-4-12-22-39/h1-34H. The van der Waals surface area contributed by atoms with Crippen molar-refractivity contribution >= 4 is 21.7 Å². The van der Waals surface area contributed by atoms with Crippen molar-refractivity contribution in [1.82, 2.24) is 19.9 Å². The van der Waals surface area contributed by atoms with E-state index >= 15 is 0 Å². The molecule has 0 radical (unpaired) electrons. The first-order chi connectivity index (χ1) is 27.7. The smallest absolute Gasteiger partial charge is 0.164 e. The van der Waals surface area contributed by atoms with Crippen LogP contribution in [0.5, 0.6) is 0 Å². The van der Waals surface area contributed by atoms with Crippen molar-refractivity contribution in [2.75, 3.05) is 0 Å². The number of pyridine rings is 1. The molecule has 10 rings (SSSR count). The van der Waals surface area contributed by atoms with E-state index in [2.05, 4.69) is 140 Å². The Hall–Kier alpha value is -7.56. The van der Waals surface area contributed by atoms with Crippen LogP contribution in [0.25, 0.3) is 100 Å². The minimum atomic E-state index is 0.640. The van der Waals surface area contributed by atoms with E-state index in [9.17, 15) is 0 Å². The third-order valence-corrected chi connectivity index (χ3v) is 10.3. The van der Waals surface area contributed by atoms with Crippen molar-refractivity contribution in [3.63, 3.8) is 0 Å². The van der Waals surface area contributed by atoms with Crippen molar-refractivity contribution in [3.8, 4) is 78.8 Å². The van der Waals surface area contributed by atoms with Gasteiger partial charge in [0, 0.05) is 27.6 Å². The summed E-state index contributed by atoms with van der Waals surface area (Å²) in [6.45, 7) is 0. The molecule has 8 aromatic carbocycles. The van der Waals surface area contributed by atoms with Crippen molar-refractivity contribution < 1.29 is 0 Å². The van der Waals surface area contributed by atoms with Gasteiger partial charge in [-0.2, -0.15) is 0 Å². The molecule has 0 amide bonds. The van der Waals surface area contributed by atoms with E-state index in [0.717, 1.165) is 55.5 Å². The highest BCUT2D eigenvalue weighted by atomic mass is 15.0. The second-order valence-corrected chi connectivity index (χ2v) is 13.8. The van der Waals surface area contributed by atoms with Gasteiger partial charge in [0.15, 0.2) is 17.5 Å². The number of benzene rings is 8. The first-order valence-electron chi connectivity index (χ1n) is 18.8. The molecule has 2 aromatic heterocycles. The highest BCUT2D eigenvalue weighted by Crippen LogP contribution is 2.40. The van der Waals surface area contributed by atoms with Crippen LogP contribution in [-0.2, 0) is 0 Å². The summed E-state index contributed by atoms with van der Waals surface area (Å²) in [4.78, 5) is 19.9. The van der Waals surface area contributed by atoms with Gasteiger partial charge in [-0.15, -0.1) is 0 Å². The molecule has 0 fully saturated rings. The molecule has 262 valence electrons. The number of aromatic nitrogens is 4. The summed E-state index contributed by atoms with van der Waals surface area (Å²) in [6.07, 6.45) is 0. The number of rotatable bonds is 7. The summed E-state index contributed by atoms with van der Waals surface area (Å²) in [5.41, 5.74) is 12.8. The SMILES string of the molecule is c1ccc(-c2cc(-c3ccccc3)c3c(ccc4c(-c5cccc(-c6ccc(-c7nc(-c8ccccc8)nc(-c8ccccc8)n7)cc6)c5)cccc43)n2)cc1. The van der Waals surface area contributed by atoms with Gasteiger partial charge in [-0.25, -0.2) is 19.9 Å². The quantitative estimate of drug-likeness (QED) is 0.154. The third kappa shape index (κ3) is 6.29. The van der Waals surface area contributed by atoms with Gasteiger partial charge in [0.25, 0.3) is 0 Å². The second kappa shape index (κ2) is 14.3. The lowest BCUT2D eigenvalue weighted by atomic mass is 9.90. The van der Waals surface area contributed by atoms with Gasteiger partial charge in [-0.05, 0) is 62.4 Å². The first kappa shape index (κ1) is 33.0. The van der Waals surface area contributed by atoms with Crippen LogP contribution in [-0.4, -0.2) is 19.9 Å². The van der Waals surface area contributed by atoms with E-state index in [4.69, 9.17) is 19.9 Å². The number of hydrogen-bond donors (Lipinski definition) is 0. The largest absolute Gasteiger partial charge is 0.248 e. The molecule has 56 heavy (non-hydrogen) atoms. The molecule has 0 bridgehead atoms. The van der Waals surface area contributed by atoms with Crippen LogP contribution in [0.2, 0.25) is 0 Å². The fourth-order valence-electron chi connectivity index (χ4n) is 7.56. The summed E-state index contributed by atoms with van der Waals surface area (Å²) in [7, 11) is 0. The Labute approximate surface area is 325 Å². The zero-order valence-corrected chi connectivity index (χ0v) is 30.4. The van der Waals surface area contributed by atoms with Gasteiger partial charge in [0.1, 0.15) is 0 Å². The highest BCUT2D eigenvalue weighted by molar-refractivity contribution is 6.17. The topological polar surface area (TPSA) is 51.6 Å². The number of hydrogen-bond acceptors (Lipinski definition) is 4. The lowest BCUT2D eigenvalue weighted by Crippen LogP contribution is -2.00. The predicted molar refractivity (Wildman–Crippen MR) is 231 cm³/mol. The molecule has 4 nitrogen and oxygen atoms in total. The first-order valence-corrected chi connectivity index (χ1v) is 18.8. The molecule has 4 heteroatoms. The van der Waals surface area contributed by atoms with Crippen LogP contribution in [0.1, 0.15) is 0 Å². The lowest BCUT2D eigenvalue weighted by Gasteiger charge is -2.15. The minimum absolute atomic E-state index is 0.640. The average Bonchev–Trinajstić information content (AvgIpc) is 3.29. The van der Waals surface area contributed by atoms with Crippen LogP contribution >= 0.6 is 0 Å². The Kier molecular flexibility index (Phi) is 8.47. The van der Waals surface area contributed by atoms with E-state index < -0.39 is 0 Å². The van der Waals surface area contributed by atoms with Gasteiger partial charge < -0.3 is 0 Å². The van der Waals surface area contributed by atoms with Gasteiger partial charge in [0.05, 0.1) is 11.2 Å². The lowest BCUT2D eigenvalue weighted by molar-refractivity contribution is 1.07. The number of fused-ring (bicyclic) bond motifs is 3. The summed E-state index contributed by atoms with van der Waals surface area (Å²) in [5, 5.41) is 3.53. The molecule has 2 heterocycles. The summed E-state index contributed by atoms with van der Waals surface area (Å²) < 4.78 is 0. The maximum Gasteiger partial charge on any atom is 0.164 e. The van der Waals surface area contributed by atoms with Crippen LogP contribution in [0.3, 0.4) is 0 Å². The molecule has 0 aliphatic heterocycles. The van der Waals surface area contributed by atoms with E-state index in [1.807, 2.05) is 66.7 Å². The number of nitrogens with zero attached hydrogens (tertiary/aromatic N) is 4. The molecule has 0 unspecified atom stereocenters. The highest BCUT2D eigenvalue weighted by Gasteiger charge is 2.16. The van der Waals surface area contributed by atoms with Crippen molar-refractivity contribution in [1.29, 1.82) is 0 Å². The van der Waals surface area contributed by atoms with E-state index in [1.54, 1.807) is 0 Å². The monoisotopic (exact) mass is 714 g/mol. The van der Waals surface area contributed by atoms with Crippen molar-refractivity contribution in [2.24, 2.45) is 0 Å². The molecule has 0 saturated heterocycles. The fourth-order valence-corrected chi connectivity index (χ4v) is 7.56. The Bertz CT molecular complexity index is 2930. The van der Waals surface area contributed by atoms with Gasteiger partial charge >= 0.3 is 0 Å². The normalized spacial score (nSPS) is 11.2. The predicted octanol–water partition coefficient (Wildman–Crippen LogP) is 13.2. The molecule has 0 saturated carbocycles. The maximum atomic E-state index is 5.19. The zero-order chi connectivity index (χ0) is 37.3. The Balaban J connectivity index is 1.04. The maximum absolute atomic E-state index is 5.19. The van der Waals surface area contributed by atoms with Crippen molar-refractivity contribution in [3.05, 3.63) is 206 Å². The Morgan fingerprint density at radius 3 is 1.34 bits per heavy atom. The fraction of sp³-hybridized carbons (Fsp3) is 0. The molecule has 10 aromatic rings. The Morgan fingerprint density at radius 1 is 0.250 bits per heavy atom. The molecular weight excluding hydrogens is 681 g/mol. The average molecular weight is 715 g/mol. The zero-order valence-electron chi connectivity index (χ0n) is 30.4. The molecule has 0 N–H and O–H groups in total. The van der Waals surface area contributed by atoms with Gasteiger partial charge in [-0.3, -0.25) is 0 Å². The van der Waals surface area contributed by atoms with Crippen LogP contribution in [0.4, 0.5) is 0 Å². The van der Waals surface area contributed by atoms with Crippen molar-refractivity contribution in [2.45, 2.75) is 0 Å². The molecule has 0 atom stereocenters. The molecule has 0 aliphatic rings. The van der Waals surface area contributed by atoms with Gasteiger partial charge in [0.2, 0.25) is 0 Å². The summed E-state index contributed by atoms with van der Waals surface area (Å²) >= 11 is 0. The van der Waals surface area contributed by atoms with Crippen LogP contribution < -0.4 is 0 Å². The van der Waals surface area contributed by atoms with Gasteiger partial charge in [-0.1, -0.05) is 188 Å². The van der Waals surface area contributed by atoms with Crippen LogP contribution in [0.15, 0.2) is 206 Å². The second-order valence-electron chi connectivity index (χ2n) is 13.8. The molecule has 0 aliphatic carbocycles. The molecule has 0 spiro atoms. The summed E-state index contributed by atoms with van der Waals surface area (Å²) in [6, 6.07) is 71.8. The minimum Gasteiger partial charge on any atom is -0.248 e. The van der Waals surface area contributed by atoms with E-state index in [1.165, 1.54) is 27.5 Å². The van der Waals surface area contributed by atoms with Crippen LogP contribution in [0, 0.1) is 0 Å². The van der Waals surface area contributed by atoms with E-state index in [0.29, 0.717) is 17.5 Å². The van der Waals surface area contributed by atoms with E-state index in [-0.39, 0.29) is 0 Å².